The minimum absolute atomic E-state index is 0.285. The lowest BCUT2D eigenvalue weighted by atomic mass is 10.2. The molecule has 0 bridgehead atoms. The first kappa shape index (κ1) is 15.9. The van der Waals surface area contributed by atoms with Crippen molar-refractivity contribution in [3.8, 4) is 17.2 Å². The van der Waals surface area contributed by atoms with Crippen molar-refractivity contribution >= 4 is 0 Å². The number of hydrogen-bond acceptors (Lipinski definition) is 5. The number of rotatable bonds is 6. The predicted molar refractivity (Wildman–Crippen MR) is 83.3 cm³/mol. The van der Waals surface area contributed by atoms with Gasteiger partial charge in [-0.25, -0.2) is 0 Å². The number of ether oxygens (including phenoxy) is 3. The highest BCUT2D eigenvalue weighted by Gasteiger charge is 2.16. The maximum atomic E-state index is 6.08. The van der Waals surface area contributed by atoms with Crippen molar-refractivity contribution in [1.82, 2.24) is 4.90 Å². The van der Waals surface area contributed by atoms with Crippen LogP contribution in [-0.4, -0.2) is 51.4 Å². The average Bonchev–Trinajstić information content (AvgIpc) is 2.71. The summed E-state index contributed by atoms with van der Waals surface area (Å²) in [5.41, 5.74) is 6.08. The van der Waals surface area contributed by atoms with Crippen LogP contribution in [0, 0.1) is 0 Å². The number of likely N-dealkylation sites (tertiary alicyclic amines) is 1. The predicted octanol–water partition coefficient (Wildman–Crippen LogP) is 1.90. The largest absolute Gasteiger partial charge is 0.493 e. The average molecular weight is 294 g/mol. The Morgan fingerprint density at radius 2 is 1.90 bits per heavy atom. The lowest BCUT2D eigenvalue weighted by Gasteiger charge is -2.22. The molecule has 1 saturated heterocycles. The van der Waals surface area contributed by atoms with Crippen LogP contribution in [-0.2, 0) is 0 Å². The number of nitrogens with two attached hydrogens (primary N) is 1. The van der Waals surface area contributed by atoms with Gasteiger partial charge >= 0.3 is 0 Å². The molecule has 0 aliphatic carbocycles. The summed E-state index contributed by atoms with van der Waals surface area (Å²) in [4.78, 5) is 2.37. The highest BCUT2D eigenvalue weighted by molar-refractivity contribution is 5.51. The van der Waals surface area contributed by atoms with Crippen molar-refractivity contribution in [2.24, 2.45) is 5.73 Å². The van der Waals surface area contributed by atoms with Gasteiger partial charge in [-0.3, -0.25) is 4.90 Å². The first-order valence-electron chi connectivity index (χ1n) is 7.56. The SMILES string of the molecule is COc1cccc(OC)c1OCCN1CCCC[C@@H](N)C1. The van der Waals surface area contributed by atoms with Crippen LogP contribution >= 0.6 is 0 Å². The van der Waals surface area contributed by atoms with Gasteiger partial charge < -0.3 is 19.9 Å². The van der Waals surface area contributed by atoms with E-state index in [1.165, 1.54) is 12.8 Å². The number of para-hydroxylation sites is 1. The summed E-state index contributed by atoms with van der Waals surface area (Å²) >= 11 is 0. The Balaban J connectivity index is 1.90. The van der Waals surface area contributed by atoms with Crippen LogP contribution in [0.2, 0.25) is 0 Å². The van der Waals surface area contributed by atoms with Crippen molar-refractivity contribution in [3.63, 3.8) is 0 Å². The molecule has 1 aromatic carbocycles. The monoisotopic (exact) mass is 294 g/mol. The van der Waals surface area contributed by atoms with Gasteiger partial charge in [-0.15, -0.1) is 0 Å². The summed E-state index contributed by atoms with van der Waals surface area (Å²) in [6, 6.07) is 5.92. The lowest BCUT2D eigenvalue weighted by molar-refractivity contribution is 0.199. The van der Waals surface area contributed by atoms with E-state index in [0.29, 0.717) is 23.9 Å². The molecule has 1 aliphatic rings. The molecule has 5 nitrogen and oxygen atoms in total. The zero-order valence-corrected chi connectivity index (χ0v) is 13.0. The van der Waals surface area contributed by atoms with Gasteiger partial charge in [0, 0.05) is 19.1 Å². The smallest absolute Gasteiger partial charge is 0.203 e. The van der Waals surface area contributed by atoms with Gasteiger partial charge in [0.25, 0.3) is 0 Å². The van der Waals surface area contributed by atoms with Gasteiger partial charge in [0.2, 0.25) is 5.75 Å². The van der Waals surface area contributed by atoms with Crippen LogP contribution in [0.15, 0.2) is 18.2 Å². The molecule has 2 rings (SSSR count). The van der Waals surface area contributed by atoms with E-state index < -0.39 is 0 Å². The molecule has 0 spiro atoms. The summed E-state index contributed by atoms with van der Waals surface area (Å²) in [5.74, 6) is 2.06. The standard InChI is InChI=1S/C16H26N2O3/c1-19-14-7-5-8-15(20-2)16(14)21-11-10-18-9-4-3-6-13(17)12-18/h5,7-8,13H,3-4,6,9-12,17H2,1-2H3/t13-/m1/s1. The molecule has 1 atom stereocenters. The topological polar surface area (TPSA) is 57.0 Å². The maximum absolute atomic E-state index is 6.08. The highest BCUT2D eigenvalue weighted by Crippen LogP contribution is 2.36. The lowest BCUT2D eigenvalue weighted by Crippen LogP contribution is -2.38. The van der Waals surface area contributed by atoms with E-state index in [0.717, 1.165) is 26.1 Å². The summed E-state index contributed by atoms with van der Waals surface area (Å²) in [7, 11) is 3.27. The molecule has 2 N–H and O–H groups in total. The van der Waals surface area contributed by atoms with Crippen LogP contribution < -0.4 is 19.9 Å². The van der Waals surface area contributed by atoms with Crippen molar-refractivity contribution < 1.29 is 14.2 Å². The zero-order chi connectivity index (χ0) is 15.1. The van der Waals surface area contributed by atoms with Gasteiger partial charge in [0.05, 0.1) is 14.2 Å². The first-order valence-corrected chi connectivity index (χ1v) is 7.56. The van der Waals surface area contributed by atoms with Crippen LogP contribution in [0.3, 0.4) is 0 Å². The van der Waals surface area contributed by atoms with Crippen LogP contribution in [0.1, 0.15) is 19.3 Å². The van der Waals surface area contributed by atoms with E-state index in [1.807, 2.05) is 18.2 Å². The van der Waals surface area contributed by atoms with Gasteiger partial charge in [-0.2, -0.15) is 0 Å². The third kappa shape index (κ3) is 4.51. The third-order valence-electron chi connectivity index (χ3n) is 3.83. The van der Waals surface area contributed by atoms with E-state index in [4.69, 9.17) is 19.9 Å². The van der Waals surface area contributed by atoms with Crippen LogP contribution in [0.4, 0.5) is 0 Å². The molecule has 1 fully saturated rings. The molecule has 0 amide bonds. The molecule has 1 heterocycles. The second-order valence-corrected chi connectivity index (χ2v) is 5.40. The summed E-state index contributed by atoms with van der Waals surface area (Å²) in [6.45, 7) is 3.52. The Labute approximate surface area is 127 Å². The molecule has 0 radical (unpaired) electrons. The van der Waals surface area contributed by atoms with E-state index in [2.05, 4.69) is 4.90 Å². The minimum Gasteiger partial charge on any atom is -0.493 e. The highest BCUT2D eigenvalue weighted by atomic mass is 16.5. The zero-order valence-electron chi connectivity index (χ0n) is 13.0. The van der Waals surface area contributed by atoms with Crippen molar-refractivity contribution in [3.05, 3.63) is 18.2 Å². The number of methoxy groups -OCH3 is 2. The fourth-order valence-electron chi connectivity index (χ4n) is 2.70. The van der Waals surface area contributed by atoms with E-state index in [1.54, 1.807) is 14.2 Å². The van der Waals surface area contributed by atoms with Crippen molar-refractivity contribution in [2.75, 3.05) is 40.5 Å². The van der Waals surface area contributed by atoms with E-state index >= 15 is 0 Å². The summed E-state index contributed by atoms with van der Waals surface area (Å²) in [6.07, 6.45) is 3.56. The summed E-state index contributed by atoms with van der Waals surface area (Å²) in [5, 5.41) is 0. The van der Waals surface area contributed by atoms with Crippen LogP contribution in [0.5, 0.6) is 17.2 Å². The van der Waals surface area contributed by atoms with Gasteiger partial charge in [0.1, 0.15) is 6.61 Å². The van der Waals surface area contributed by atoms with Gasteiger partial charge in [0.15, 0.2) is 11.5 Å². The Kier molecular flexibility index (Phi) is 6.14. The number of nitrogens with zero attached hydrogens (tertiary/aromatic N) is 1. The third-order valence-corrected chi connectivity index (χ3v) is 3.83. The first-order chi connectivity index (χ1) is 10.2. The Morgan fingerprint density at radius 3 is 2.57 bits per heavy atom. The van der Waals surface area contributed by atoms with E-state index in [-0.39, 0.29) is 6.04 Å². The molecule has 0 saturated carbocycles. The van der Waals surface area contributed by atoms with Crippen LogP contribution in [0.25, 0.3) is 0 Å². The molecule has 118 valence electrons. The maximum Gasteiger partial charge on any atom is 0.203 e. The van der Waals surface area contributed by atoms with Gasteiger partial charge in [-0.1, -0.05) is 12.5 Å². The molecular weight excluding hydrogens is 268 g/mol. The normalized spacial score (nSPS) is 19.9. The molecule has 0 aromatic heterocycles. The molecule has 5 heteroatoms. The molecule has 1 aliphatic heterocycles. The second kappa shape index (κ2) is 8.10. The van der Waals surface area contributed by atoms with E-state index in [9.17, 15) is 0 Å². The van der Waals surface area contributed by atoms with Crippen molar-refractivity contribution in [1.29, 1.82) is 0 Å². The minimum atomic E-state index is 0.285. The molecule has 21 heavy (non-hydrogen) atoms. The quantitative estimate of drug-likeness (QED) is 0.868. The number of hydrogen-bond donors (Lipinski definition) is 1. The molecular formula is C16H26N2O3. The Hall–Kier alpha value is -1.46. The Bertz CT molecular complexity index is 417. The Morgan fingerprint density at radius 1 is 1.19 bits per heavy atom. The number of benzene rings is 1. The fraction of sp³-hybridized carbons (Fsp3) is 0.625. The second-order valence-electron chi connectivity index (χ2n) is 5.40. The fourth-order valence-corrected chi connectivity index (χ4v) is 2.70. The molecule has 1 aromatic rings. The van der Waals surface area contributed by atoms with Gasteiger partial charge in [-0.05, 0) is 31.5 Å². The summed E-state index contributed by atoms with van der Waals surface area (Å²) < 4.78 is 16.6. The molecule has 0 unspecified atom stereocenters. The van der Waals surface area contributed by atoms with Crippen molar-refractivity contribution in [2.45, 2.75) is 25.3 Å².